The average Bonchev–Trinajstić information content (AvgIpc) is 2.63. The van der Waals surface area contributed by atoms with E-state index >= 15 is 0 Å². The molecular weight excluding hydrogens is 344 g/mol. The monoisotopic (exact) mass is 364 g/mol. The zero-order valence-corrected chi connectivity index (χ0v) is 15.4. The van der Waals surface area contributed by atoms with Gasteiger partial charge in [-0.15, -0.1) is 0 Å². The molecule has 0 fully saturated rings. The second kappa shape index (κ2) is 8.53. The van der Waals surface area contributed by atoms with Crippen molar-refractivity contribution in [2.24, 2.45) is 0 Å². The van der Waals surface area contributed by atoms with Crippen molar-refractivity contribution in [1.82, 2.24) is 14.9 Å². The molecule has 0 spiro atoms. The molecule has 0 unspecified atom stereocenters. The second-order valence-corrected chi connectivity index (χ2v) is 5.49. The Morgan fingerprint density at radius 2 is 1.80 bits per heavy atom. The maximum atomic E-state index is 12.4. The predicted molar refractivity (Wildman–Crippen MR) is 97.1 cm³/mol. The maximum Gasteiger partial charge on any atom is 0.272 e. The summed E-state index contributed by atoms with van der Waals surface area (Å²) in [5, 5.41) is 3.55. The van der Waals surface area contributed by atoms with Gasteiger partial charge in [-0.05, 0) is 13.8 Å². The number of aromatic nitrogens is 2. The van der Waals surface area contributed by atoms with Crippen molar-refractivity contribution in [3.05, 3.63) is 35.2 Å². The van der Waals surface area contributed by atoms with E-state index in [1.807, 2.05) is 13.8 Å². The van der Waals surface area contributed by atoms with Crippen LogP contribution in [0.2, 0.25) is 5.02 Å². The lowest BCUT2D eigenvalue weighted by Crippen LogP contribution is -2.31. The number of anilines is 2. The molecule has 0 aliphatic heterocycles. The van der Waals surface area contributed by atoms with Gasteiger partial charge in [0.25, 0.3) is 5.91 Å². The quantitative estimate of drug-likeness (QED) is 0.811. The number of halogens is 1. The summed E-state index contributed by atoms with van der Waals surface area (Å²) in [4.78, 5) is 22.3. The molecule has 25 heavy (non-hydrogen) atoms. The Labute approximate surface area is 151 Å². The van der Waals surface area contributed by atoms with Gasteiger partial charge in [0.05, 0.1) is 24.9 Å². The molecule has 0 aliphatic rings. The number of ether oxygens (including phenoxy) is 2. The predicted octanol–water partition coefficient (Wildman–Crippen LogP) is 3.37. The van der Waals surface area contributed by atoms with Gasteiger partial charge in [0.2, 0.25) is 0 Å². The number of carbonyl (C=O) groups is 1. The van der Waals surface area contributed by atoms with Crippen molar-refractivity contribution >= 4 is 29.0 Å². The van der Waals surface area contributed by atoms with Crippen LogP contribution >= 0.6 is 11.6 Å². The lowest BCUT2D eigenvalue weighted by molar-refractivity contribution is 0.0767. The average molecular weight is 365 g/mol. The number of nitrogens with zero attached hydrogens (tertiary/aromatic N) is 3. The van der Waals surface area contributed by atoms with E-state index in [1.165, 1.54) is 13.4 Å². The van der Waals surface area contributed by atoms with Gasteiger partial charge in [0, 0.05) is 31.3 Å². The SMILES string of the molecule is CCN(CC)C(=O)c1cc(Nc2cc(OC)c(Cl)cc2OC)ncn1. The second-order valence-electron chi connectivity index (χ2n) is 5.08. The molecule has 0 saturated carbocycles. The fraction of sp³-hybridized carbons (Fsp3) is 0.353. The van der Waals surface area contributed by atoms with E-state index in [4.69, 9.17) is 21.1 Å². The first-order valence-corrected chi connectivity index (χ1v) is 8.21. The van der Waals surface area contributed by atoms with Crippen molar-refractivity contribution < 1.29 is 14.3 Å². The largest absolute Gasteiger partial charge is 0.495 e. The van der Waals surface area contributed by atoms with Crippen LogP contribution < -0.4 is 14.8 Å². The summed E-state index contributed by atoms with van der Waals surface area (Å²) in [5.74, 6) is 1.35. The normalized spacial score (nSPS) is 10.3. The number of amides is 1. The molecule has 0 aliphatic carbocycles. The van der Waals surface area contributed by atoms with Crippen LogP contribution in [-0.4, -0.2) is 48.1 Å². The van der Waals surface area contributed by atoms with E-state index in [0.29, 0.717) is 46.8 Å². The molecule has 134 valence electrons. The molecule has 0 radical (unpaired) electrons. The van der Waals surface area contributed by atoms with Crippen molar-refractivity contribution in [3.8, 4) is 11.5 Å². The standard InChI is InChI=1S/C17H21ClN4O3/c1-5-22(6-2)17(23)13-9-16(20-10-19-13)21-12-8-14(24-3)11(18)7-15(12)25-4/h7-10H,5-6H2,1-4H3,(H,19,20,21). The van der Waals surface area contributed by atoms with Crippen LogP contribution in [0.15, 0.2) is 24.5 Å². The highest BCUT2D eigenvalue weighted by Gasteiger charge is 2.16. The van der Waals surface area contributed by atoms with Crippen LogP contribution in [0.3, 0.4) is 0 Å². The van der Waals surface area contributed by atoms with Crippen LogP contribution in [0, 0.1) is 0 Å². The van der Waals surface area contributed by atoms with Gasteiger partial charge in [-0.25, -0.2) is 9.97 Å². The third kappa shape index (κ3) is 4.30. The van der Waals surface area contributed by atoms with Crippen molar-refractivity contribution in [1.29, 1.82) is 0 Å². The minimum Gasteiger partial charge on any atom is -0.495 e. The third-order valence-electron chi connectivity index (χ3n) is 3.67. The van der Waals surface area contributed by atoms with E-state index in [0.717, 1.165) is 0 Å². The molecule has 2 rings (SSSR count). The summed E-state index contributed by atoms with van der Waals surface area (Å²) >= 11 is 6.11. The summed E-state index contributed by atoms with van der Waals surface area (Å²) in [6.45, 7) is 5.08. The first-order valence-electron chi connectivity index (χ1n) is 7.83. The fourth-order valence-corrected chi connectivity index (χ4v) is 2.54. The molecule has 1 amide bonds. The van der Waals surface area contributed by atoms with Gasteiger partial charge in [-0.2, -0.15) is 0 Å². The molecule has 0 atom stereocenters. The summed E-state index contributed by atoms with van der Waals surface area (Å²) in [6.07, 6.45) is 1.35. The van der Waals surface area contributed by atoms with Crippen LogP contribution in [0.25, 0.3) is 0 Å². The Hall–Kier alpha value is -2.54. The molecule has 2 aromatic rings. The Bertz CT molecular complexity index is 751. The van der Waals surface area contributed by atoms with Crippen LogP contribution in [0.4, 0.5) is 11.5 Å². The summed E-state index contributed by atoms with van der Waals surface area (Å²) in [5.41, 5.74) is 0.935. The van der Waals surface area contributed by atoms with E-state index in [-0.39, 0.29) is 5.91 Å². The van der Waals surface area contributed by atoms with Gasteiger partial charge in [0.15, 0.2) is 0 Å². The maximum absolute atomic E-state index is 12.4. The van der Waals surface area contributed by atoms with E-state index in [9.17, 15) is 4.79 Å². The Morgan fingerprint density at radius 3 is 2.40 bits per heavy atom. The molecule has 1 aromatic heterocycles. The molecule has 1 heterocycles. The first-order chi connectivity index (χ1) is 12.0. The van der Waals surface area contributed by atoms with Crippen molar-refractivity contribution in [2.75, 3.05) is 32.6 Å². The lowest BCUT2D eigenvalue weighted by atomic mass is 10.2. The lowest BCUT2D eigenvalue weighted by Gasteiger charge is -2.18. The van der Waals surface area contributed by atoms with Gasteiger partial charge < -0.3 is 19.7 Å². The molecule has 1 aromatic carbocycles. The van der Waals surface area contributed by atoms with Crippen molar-refractivity contribution in [2.45, 2.75) is 13.8 Å². The zero-order chi connectivity index (χ0) is 18.4. The number of methoxy groups -OCH3 is 2. The zero-order valence-electron chi connectivity index (χ0n) is 14.7. The van der Waals surface area contributed by atoms with E-state index < -0.39 is 0 Å². The Balaban J connectivity index is 2.32. The smallest absolute Gasteiger partial charge is 0.272 e. The molecule has 0 saturated heterocycles. The summed E-state index contributed by atoms with van der Waals surface area (Å²) < 4.78 is 10.6. The number of rotatable bonds is 7. The molecular formula is C17H21ClN4O3. The minimum atomic E-state index is -0.142. The highest BCUT2D eigenvalue weighted by Crippen LogP contribution is 2.37. The molecule has 8 heteroatoms. The van der Waals surface area contributed by atoms with E-state index in [1.54, 1.807) is 30.2 Å². The summed E-state index contributed by atoms with van der Waals surface area (Å²) in [7, 11) is 3.07. The Morgan fingerprint density at radius 1 is 1.12 bits per heavy atom. The van der Waals surface area contributed by atoms with E-state index in [2.05, 4.69) is 15.3 Å². The van der Waals surface area contributed by atoms with Gasteiger partial charge in [-0.3, -0.25) is 4.79 Å². The molecule has 0 bridgehead atoms. The first kappa shape index (κ1) is 18.8. The topological polar surface area (TPSA) is 76.6 Å². The van der Waals surface area contributed by atoms with Gasteiger partial charge in [-0.1, -0.05) is 11.6 Å². The number of nitrogens with one attached hydrogen (secondary N) is 1. The number of hydrogen-bond donors (Lipinski definition) is 1. The Kier molecular flexibility index (Phi) is 6.41. The third-order valence-corrected chi connectivity index (χ3v) is 3.97. The van der Waals surface area contributed by atoms with Crippen LogP contribution in [-0.2, 0) is 0 Å². The van der Waals surface area contributed by atoms with Gasteiger partial charge in [0.1, 0.15) is 29.3 Å². The van der Waals surface area contributed by atoms with Crippen molar-refractivity contribution in [3.63, 3.8) is 0 Å². The minimum absolute atomic E-state index is 0.142. The molecule has 1 N–H and O–H groups in total. The van der Waals surface area contributed by atoms with Crippen LogP contribution in [0.5, 0.6) is 11.5 Å². The van der Waals surface area contributed by atoms with Gasteiger partial charge >= 0.3 is 0 Å². The highest BCUT2D eigenvalue weighted by atomic mass is 35.5. The highest BCUT2D eigenvalue weighted by molar-refractivity contribution is 6.32. The van der Waals surface area contributed by atoms with Crippen LogP contribution in [0.1, 0.15) is 24.3 Å². The summed E-state index contributed by atoms with van der Waals surface area (Å²) in [6, 6.07) is 4.95. The number of carbonyl (C=O) groups excluding carboxylic acids is 1. The number of hydrogen-bond acceptors (Lipinski definition) is 6. The fourth-order valence-electron chi connectivity index (χ4n) is 2.31. The number of benzene rings is 1. The molecule has 7 nitrogen and oxygen atoms in total.